The molecule has 0 radical (unpaired) electrons. The second-order valence-corrected chi connectivity index (χ2v) is 9.26. The van der Waals surface area contributed by atoms with Crippen molar-refractivity contribution in [3.63, 3.8) is 0 Å². The Balaban J connectivity index is 1.62. The number of aromatic nitrogens is 3. The van der Waals surface area contributed by atoms with Crippen LogP contribution in [-0.2, 0) is 5.75 Å². The molecule has 0 fully saturated rings. The average molecular weight is 503 g/mol. The summed E-state index contributed by atoms with van der Waals surface area (Å²) >= 11 is 1.57. The maximum absolute atomic E-state index is 12.4. The van der Waals surface area contributed by atoms with Crippen LogP contribution >= 0.6 is 11.8 Å². The summed E-state index contributed by atoms with van der Waals surface area (Å²) in [5, 5.41) is 12.8. The Morgan fingerprint density at radius 3 is 2.50 bits per heavy atom. The van der Waals surface area contributed by atoms with E-state index in [1.807, 2.05) is 84.3 Å². The molecule has 1 amide bonds. The lowest BCUT2D eigenvalue weighted by atomic mass is 10.1. The number of hydrogen-bond donors (Lipinski definition) is 1. The molecule has 0 saturated carbocycles. The second-order valence-electron chi connectivity index (χ2n) is 8.31. The summed E-state index contributed by atoms with van der Waals surface area (Å²) in [5.74, 6) is 2.77. The van der Waals surface area contributed by atoms with Crippen LogP contribution in [0.15, 0.2) is 78.0 Å². The van der Waals surface area contributed by atoms with Gasteiger partial charge in [0, 0.05) is 22.9 Å². The molecule has 0 bridgehead atoms. The van der Waals surface area contributed by atoms with Crippen LogP contribution in [0.25, 0.3) is 17.1 Å². The molecule has 186 valence electrons. The van der Waals surface area contributed by atoms with Gasteiger partial charge < -0.3 is 14.8 Å². The highest BCUT2D eigenvalue weighted by molar-refractivity contribution is 7.98. The van der Waals surface area contributed by atoms with E-state index in [1.165, 1.54) is 0 Å². The van der Waals surface area contributed by atoms with Gasteiger partial charge in [0.1, 0.15) is 11.5 Å². The fourth-order valence-electron chi connectivity index (χ4n) is 3.65. The summed E-state index contributed by atoms with van der Waals surface area (Å²) in [7, 11) is 3.30. The minimum Gasteiger partial charge on any atom is -0.497 e. The Kier molecular flexibility index (Phi) is 8.28. The summed E-state index contributed by atoms with van der Waals surface area (Å²) in [6.45, 7) is 4.05. The van der Waals surface area contributed by atoms with Gasteiger partial charge in [-0.3, -0.25) is 9.36 Å². The highest BCUT2D eigenvalue weighted by Crippen LogP contribution is 2.34. The van der Waals surface area contributed by atoms with Crippen molar-refractivity contribution in [3.05, 3.63) is 83.9 Å². The molecule has 3 aromatic carbocycles. The maximum atomic E-state index is 12.4. The zero-order chi connectivity index (χ0) is 25.5. The molecule has 0 aliphatic heterocycles. The van der Waals surface area contributed by atoms with Gasteiger partial charge in [0.2, 0.25) is 0 Å². The summed E-state index contributed by atoms with van der Waals surface area (Å²) in [5.41, 5.74) is 3.47. The maximum Gasteiger partial charge on any atom is 0.251 e. The van der Waals surface area contributed by atoms with Crippen LogP contribution in [0.5, 0.6) is 11.5 Å². The molecule has 0 spiro atoms. The third kappa shape index (κ3) is 5.71. The lowest BCUT2D eigenvalue weighted by Gasteiger charge is -2.14. The van der Waals surface area contributed by atoms with Crippen molar-refractivity contribution >= 4 is 17.7 Å². The molecule has 1 heterocycles. The molecule has 4 aromatic rings. The summed E-state index contributed by atoms with van der Waals surface area (Å²) in [4.78, 5) is 12.4. The number of hydrogen-bond acceptors (Lipinski definition) is 6. The minimum atomic E-state index is -0.0533. The van der Waals surface area contributed by atoms with E-state index in [2.05, 4.69) is 22.4 Å². The second kappa shape index (κ2) is 11.8. The minimum absolute atomic E-state index is 0.0533. The number of ether oxygens (including phenoxy) is 2. The first kappa shape index (κ1) is 25.3. The van der Waals surface area contributed by atoms with Crippen LogP contribution in [-0.4, -0.2) is 40.9 Å². The van der Waals surface area contributed by atoms with Gasteiger partial charge in [-0.05, 0) is 55.3 Å². The quantitative estimate of drug-likeness (QED) is 0.277. The predicted octanol–water partition coefficient (Wildman–Crippen LogP) is 5.77. The van der Waals surface area contributed by atoms with E-state index in [4.69, 9.17) is 9.47 Å². The van der Waals surface area contributed by atoms with Gasteiger partial charge in [-0.2, -0.15) is 0 Å². The molecular weight excluding hydrogens is 472 g/mol. The lowest BCUT2D eigenvalue weighted by Crippen LogP contribution is -2.31. The number of nitrogens with one attached hydrogen (secondary N) is 1. The van der Waals surface area contributed by atoms with Gasteiger partial charge >= 0.3 is 0 Å². The monoisotopic (exact) mass is 502 g/mol. The number of rotatable bonds is 10. The Morgan fingerprint density at radius 1 is 1.00 bits per heavy atom. The number of nitrogens with zero attached hydrogens (tertiary/aromatic N) is 3. The molecule has 1 aromatic heterocycles. The van der Waals surface area contributed by atoms with Crippen molar-refractivity contribution in [2.45, 2.75) is 37.2 Å². The van der Waals surface area contributed by atoms with Crippen LogP contribution in [0, 0.1) is 0 Å². The van der Waals surface area contributed by atoms with Crippen LogP contribution < -0.4 is 14.8 Å². The lowest BCUT2D eigenvalue weighted by molar-refractivity contribution is 0.0939. The summed E-state index contributed by atoms with van der Waals surface area (Å²) in [6, 6.07) is 23.4. The molecule has 0 aliphatic carbocycles. The number of amides is 1. The number of carbonyl (C=O) groups excluding carboxylic acids is 1. The largest absolute Gasteiger partial charge is 0.497 e. The molecule has 1 N–H and O–H groups in total. The topological polar surface area (TPSA) is 78.3 Å². The molecule has 0 saturated heterocycles. The van der Waals surface area contributed by atoms with Gasteiger partial charge in [0.15, 0.2) is 11.0 Å². The molecule has 0 unspecified atom stereocenters. The number of benzene rings is 3. The van der Waals surface area contributed by atoms with Gasteiger partial charge in [0.05, 0.1) is 19.9 Å². The molecular formula is C28H30N4O3S. The van der Waals surface area contributed by atoms with Gasteiger partial charge in [-0.1, -0.05) is 55.1 Å². The predicted molar refractivity (Wildman–Crippen MR) is 143 cm³/mol. The first-order valence-electron chi connectivity index (χ1n) is 11.8. The Morgan fingerprint density at radius 2 is 1.78 bits per heavy atom. The van der Waals surface area contributed by atoms with E-state index in [-0.39, 0.29) is 11.9 Å². The van der Waals surface area contributed by atoms with Gasteiger partial charge in [-0.15, -0.1) is 10.2 Å². The summed E-state index contributed by atoms with van der Waals surface area (Å²) in [6.07, 6.45) is 0.894. The highest BCUT2D eigenvalue weighted by atomic mass is 32.2. The van der Waals surface area contributed by atoms with Crippen molar-refractivity contribution in [3.8, 4) is 28.6 Å². The Hall–Kier alpha value is -3.78. The SMILES string of the molecule is CC[C@@H](C)NC(=O)c1ccc(CSc2nnc(-c3cccc(OC)c3)n2-c2ccccc2OC)cc1. The molecule has 1 atom stereocenters. The van der Waals surface area contributed by atoms with E-state index in [0.717, 1.165) is 39.9 Å². The van der Waals surface area contributed by atoms with E-state index in [0.29, 0.717) is 17.1 Å². The van der Waals surface area contributed by atoms with Crippen LogP contribution in [0.3, 0.4) is 0 Å². The molecule has 4 rings (SSSR count). The number of methoxy groups -OCH3 is 2. The first-order chi connectivity index (χ1) is 17.5. The van der Waals surface area contributed by atoms with Crippen molar-refractivity contribution < 1.29 is 14.3 Å². The molecule has 0 aliphatic rings. The zero-order valence-electron chi connectivity index (χ0n) is 20.9. The van der Waals surface area contributed by atoms with Crippen LogP contribution in [0.2, 0.25) is 0 Å². The third-order valence-electron chi connectivity index (χ3n) is 5.86. The van der Waals surface area contributed by atoms with Gasteiger partial charge in [-0.25, -0.2) is 0 Å². The summed E-state index contributed by atoms with van der Waals surface area (Å²) < 4.78 is 13.1. The molecule has 36 heavy (non-hydrogen) atoms. The third-order valence-corrected chi connectivity index (χ3v) is 6.86. The molecule has 8 heteroatoms. The fourth-order valence-corrected chi connectivity index (χ4v) is 4.55. The Bertz CT molecular complexity index is 1320. The van der Waals surface area contributed by atoms with E-state index in [1.54, 1.807) is 26.0 Å². The normalized spacial score (nSPS) is 11.7. The Labute approximate surface area is 215 Å². The first-order valence-corrected chi connectivity index (χ1v) is 12.8. The number of carbonyl (C=O) groups is 1. The van der Waals surface area contributed by atoms with E-state index >= 15 is 0 Å². The van der Waals surface area contributed by atoms with Crippen LogP contribution in [0.1, 0.15) is 36.2 Å². The van der Waals surface area contributed by atoms with E-state index in [9.17, 15) is 4.79 Å². The van der Waals surface area contributed by atoms with E-state index < -0.39 is 0 Å². The van der Waals surface area contributed by atoms with Crippen molar-refractivity contribution in [1.29, 1.82) is 0 Å². The highest BCUT2D eigenvalue weighted by Gasteiger charge is 2.19. The van der Waals surface area contributed by atoms with Crippen molar-refractivity contribution in [2.24, 2.45) is 0 Å². The fraction of sp³-hybridized carbons (Fsp3) is 0.250. The van der Waals surface area contributed by atoms with Gasteiger partial charge in [0.25, 0.3) is 5.91 Å². The smallest absolute Gasteiger partial charge is 0.251 e. The standard InChI is InChI=1S/C28H30N4O3S/c1-5-19(2)29-27(33)21-15-13-20(14-16-21)18-36-28-31-30-26(22-9-8-10-23(17-22)34-3)32(28)24-11-6-7-12-25(24)35-4/h6-17,19H,5,18H2,1-4H3,(H,29,33)/t19-/m1/s1. The molecule has 7 nitrogen and oxygen atoms in total. The number of para-hydroxylation sites is 2. The zero-order valence-corrected chi connectivity index (χ0v) is 21.7. The number of thioether (sulfide) groups is 1. The average Bonchev–Trinajstić information content (AvgIpc) is 3.35. The van der Waals surface area contributed by atoms with Crippen molar-refractivity contribution in [1.82, 2.24) is 20.1 Å². The van der Waals surface area contributed by atoms with Crippen molar-refractivity contribution in [2.75, 3.05) is 14.2 Å². The van der Waals surface area contributed by atoms with Crippen LogP contribution in [0.4, 0.5) is 0 Å².